The lowest BCUT2D eigenvalue weighted by atomic mass is 10.1. The molecule has 0 spiro atoms. The van der Waals surface area contributed by atoms with Gasteiger partial charge in [0.1, 0.15) is 0 Å². The predicted octanol–water partition coefficient (Wildman–Crippen LogP) is 0.475. The highest BCUT2D eigenvalue weighted by atomic mass is 16.7. The number of ether oxygens (including phenoxy) is 4. The first kappa shape index (κ1) is 15.7. The number of hydrogen-bond acceptors (Lipinski definition) is 6. The van der Waals surface area contributed by atoms with Crippen LogP contribution in [0.15, 0.2) is 18.2 Å². The Morgan fingerprint density at radius 1 is 1.08 bits per heavy atom. The third kappa shape index (κ3) is 3.33. The van der Waals surface area contributed by atoms with E-state index >= 15 is 0 Å². The molecule has 3 aliphatic heterocycles. The molecule has 0 bridgehead atoms. The first-order chi connectivity index (χ1) is 11.8. The SMILES string of the molecule is O=C([C@@H]1COCCO1)N1CCN(Cc2ccc3c(c2)OCO3)CC1. The summed E-state index contributed by atoms with van der Waals surface area (Å²) < 4.78 is 21.6. The van der Waals surface area contributed by atoms with E-state index in [0.29, 0.717) is 26.6 Å². The molecule has 0 unspecified atom stereocenters. The molecule has 130 valence electrons. The van der Waals surface area contributed by atoms with Crippen molar-refractivity contribution in [2.75, 3.05) is 52.8 Å². The van der Waals surface area contributed by atoms with E-state index in [1.54, 1.807) is 0 Å². The zero-order chi connectivity index (χ0) is 16.4. The van der Waals surface area contributed by atoms with Crippen molar-refractivity contribution in [1.29, 1.82) is 0 Å². The lowest BCUT2D eigenvalue weighted by molar-refractivity contribution is -0.159. The Balaban J connectivity index is 1.29. The molecule has 1 aromatic carbocycles. The predicted molar refractivity (Wildman–Crippen MR) is 85.0 cm³/mol. The Hall–Kier alpha value is -1.83. The Kier molecular flexibility index (Phi) is 4.55. The van der Waals surface area contributed by atoms with E-state index < -0.39 is 6.10 Å². The van der Waals surface area contributed by atoms with Crippen molar-refractivity contribution in [1.82, 2.24) is 9.80 Å². The minimum atomic E-state index is -0.431. The molecule has 0 radical (unpaired) electrons. The first-order valence-electron chi connectivity index (χ1n) is 8.38. The molecule has 4 rings (SSSR count). The Morgan fingerprint density at radius 3 is 2.71 bits per heavy atom. The van der Waals surface area contributed by atoms with Gasteiger partial charge in [0.2, 0.25) is 6.79 Å². The van der Waals surface area contributed by atoms with Crippen LogP contribution in [0.5, 0.6) is 11.5 Å². The highest BCUT2D eigenvalue weighted by Crippen LogP contribution is 2.32. The van der Waals surface area contributed by atoms with Gasteiger partial charge in [0, 0.05) is 32.7 Å². The molecule has 3 heterocycles. The number of rotatable bonds is 3. The number of piperazine rings is 1. The molecule has 1 atom stereocenters. The van der Waals surface area contributed by atoms with Gasteiger partial charge in [-0.3, -0.25) is 9.69 Å². The zero-order valence-corrected chi connectivity index (χ0v) is 13.6. The topological polar surface area (TPSA) is 60.5 Å². The molecule has 7 nitrogen and oxygen atoms in total. The number of carbonyl (C=O) groups excluding carboxylic acids is 1. The second-order valence-electron chi connectivity index (χ2n) is 6.22. The number of amides is 1. The van der Waals surface area contributed by atoms with E-state index in [9.17, 15) is 4.79 Å². The molecular formula is C17H22N2O5. The number of carbonyl (C=O) groups is 1. The van der Waals surface area contributed by atoms with Gasteiger partial charge >= 0.3 is 0 Å². The third-order valence-electron chi connectivity index (χ3n) is 4.62. The molecular weight excluding hydrogens is 312 g/mol. The fraction of sp³-hybridized carbons (Fsp3) is 0.588. The van der Waals surface area contributed by atoms with Gasteiger partial charge in [0.25, 0.3) is 5.91 Å². The lowest BCUT2D eigenvalue weighted by Crippen LogP contribution is -2.53. The maximum absolute atomic E-state index is 12.4. The average molecular weight is 334 g/mol. The number of fused-ring (bicyclic) bond motifs is 1. The average Bonchev–Trinajstić information content (AvgIpc) is 3.10. The minimum Gasteiger partial charge on any atom is -0.454 e. The van der Waals surface area contributed by atoms with E-state index in [1.807, 2.05) is 17.0 Å². The number of hydrogen-bond donors (Lipinski definition) is 0. The molecule has 7 heteroatoms. The van der Waals surface area contributed by atoms with Crippen molar-refractivity contribution in [2.45, 2.75) is 12.6 Å². The molecule has 24 heavy (non-hydrogen) atoms. The van der Waals surface area contributed by atoms with E-state index in [2.05, 4.69) is 11.0 Å². The van der Waals surface area contributed by atoms with E-state index in [1.165, 1.54) is 5.56 Å². The molecule has 2 fully saturated rings. The van der Waals surface area contributed by atoms with Crippen molar-refractivity contribution in [2.24, 2.45) is 0 Å². The summed E-state index contributed by atoms with van der Waals surface area (Å²) in [7, 11) is 0. The highest BCUT2D eigenvalue weighted by Gasteiger charge is 2.29. The Morgan fingerprint density at radius 2 is 1.92 bits per heavy atom. The van der Waals surface area contributed by atoms with Crippen molar-refractivity contribution in [3.63, 3.8) is 0 Å². The van der Waals surface area contributed by atoms with Crippen LogP contribution in [0, 0.1) is 0 Å². The van der Waals surface area contributed by atoms with E-state index in [0.717, 1.165) is 44.2 Å². The van der Waals surface area contributed by atoms with Gasteiger partial charge in [-0.15, -0.1) is 0 Å². The molecule has 0 saturated carbocycles. The van der Waals surface area contributed by atoms with E-state index in [4.69, 9.17) is 18.9 Å². The number of benzene rings is 1. The molecule has 0 aromatic heterocycles. The molecule has 1 aromatic rings. The van der Waals surface area contributed by atoms with Crippen LogP contribution in [0.4, 0.5) is 0 Å². The van der Waals surface area contributed by atoms with Crippen molar-refractivity contribution in [3.05, 3.63) is 23.8 Å². The summed E-state index contributed by atoms with van der Waals surface area (Å²) in [5.74, 6) is 1.68. The summed E-state index contributed by atoms with van der Waals surface area (Å²) in [6, 6.07) is 6.06. The minimum absolute atomic E-state index is 0.0532. The van der Waals surface area contributed by atoms with Crippen molar-refractivity contribution < 1.29 is 23.7 Å². The van der Waals surface area contributed by atoms with Gasteiger partial charge in [0.15, 0.2) is 17.6 Å². The molecule has 2 saturated heterocycles. The van der Waals surface area contributed by atoms with Gasteiger partial charge in [-0.2, -0.15) is 0 Å². The zero-order valence-electron chi connectivity index (χ0n) is 13.6. The van der Waals surface area contributed by atoms with Gasteiger partial charge in [-0.25, -0.2) is 0 Å². The molecule has 3 aliphatic rings. The normalized spacial score (nSPS) is 24.2. The van der Waals surface area contributed by atoms with Gasteiger partial charge in [0.05, 0.1) is 19.8 Å². The van der Waals surface area contributed by atoms with Crippen molar-refractivity contribution >= 4 is 5.91 Å². The van der Waals surface area contributed by atoms with Crippen LogP contribution in [0.25, 0.3) is 0 Å². The standard InChI is InChI=1S/C17H22N2O5/c20-17(16-11-21-7-8-22-16)19-5-3-18(4-6-19)10-13-1-2-14-15(9-13)24-12-23-14/h1-2,9,16H,3-8,10-12H2/t16-/m0/s1. The van der Waals surface area contributed by atoms with Crippen LogP contribution in [0.2, 0.25) is 0 Å². The summed E-state index contributed by atoms with van der Waals surface area (Å²) >= 11 is 0. The fourth-order valence-corrected chi connectivity index (χ4v) is 3.26. The summed E-state index contributed by atoms with van der Waals surface area (Å²) in [5, 5.41) is 0. The quantitative estimate of drug-likeness (QED) is 0.801. The molecule has 0 N–H and O–H groups in total. The smallest absolute Gasteiger partial charge is 0.254 e. The maximum Gasteiger partial charge on any atom is 0.254 e. The van der Waals surface area contributed by atoms with Crippen LogP contribution in [0.3, 0.4) is 0 Å². The van der Waals surface area contributed by atoms with Gasteiger partial charge < -0.3 is 23.8 Å². The second-order valence-corrected chi connectivity index (χ2v) is 6.22. The van der Waals surface area contributed by atoms with Crippen molar-refractivity contribution in [3.8, 4) is 11.5 Å². The van der Waals surface area contributed by atoms with Crippen LogP contribution in [-0.4, -0.2) is 74.6 Å². The first-order valence-corrected chi connectivity index (χ1v) is 8.38. The highest BCUT2D eigenvalue weighted by molar-refractivity contribution is 5.81. The monoisotopic (exact) mass is 334 g/mol. The fourth-order valence-electron chi connectivity index (χ4n) is 3.26. The summed E-state index contributed by atoms with van der Waals surface area (Å²) in [6.07, 6.45) is -0.431. The third-order valence-corrected chi connectivity index (χ3v) is 4.62. The van der Waals surface area contributed by atoms with E-state index in [-0.39, 0.29) is 5.91 Å². The summed E-state index contributed by atoms with van der Waals surface area (Å²) in [4.78, 5) is 16.6. The van der Waals surface area contributed by atoms with Crippen LogP contribution >= 0.6 is 0 Å². The Labute approximate surface area is 141 Å². The molecule has 0 aliphatic carbocycles. The van der Waals surface area contributed by atoms with Gasteiger partial charge in [-0.05, 0) is 17.7 Å². The Bertz CT molecular complexity index is 595. The van der Waals surface area contributed by atoms with Crippen LogP contribution < -0.4 is 9.47 Å². The maximum atomic E-state index is 12.4. The van der Waals surface area contributed by atoms with Crippen LogP contribution in [0.1, 0.15) is 5.56 Å². The molecule has 1 amide bonds. The summed E-state index contributed by atoms with van der Waals surface area (Å²) in [6.45, 7) is 5.76. The largest absolute Gasteiger partial charge is 0.454 e. The number of nitrogens with zero attached hydrogens (tertiary/aromatic N) is 2. The lowest BCUT2D eigenvalue weighted by Gasteiger charge is -2.37. The second kappa shape index (κ2) is 6.96. The van der Waals surface area contributed by atoms with Crippen LogP contribution in [-0.2, 0) is 20.8 Å². The summed E-state index contributed by atoms with van der Waals surface area (Å²) in [5.41, 5.74) is 1.20. The van der Waals surface area contributed by atoms with Gasteiger partial charge in [-0.1, -0.05) is 6.07 Å².